The quantitative estimate of drug-likeness (QED) is 0.387. The molecule has 0 aromatic carbocycles. The number of hydrazine groups is 1. The van der Waals surface area contributed by atoms with Gasteiger partial charge in [0.05, 0.1) is 0 Å². The van der Waals surface area contributed by atoms with Crippen LogP contribution in [0.15, 0.2) is 16.2 Å². The molecule has 0 aromatic heterocycles. The maximum Gasteiger partial charge on any atom is 0.254 e. The fourth-order valence-electron chi connectivity index (χ4n) is 0.224. The first-order valence-corrected chi connectivity index (χ1v) is 1.60. The minimum Gasteiger partial charge on any atom is -0.256 e. The number of rotatable bonds is 0. The van der Waals surface area contributed by atoms with Gasteiger partial charge in [0.2, 0.25) is 0 Å². The Morgan fingerprint density at radius 3 is 2.86 bits per heavy atom. The van der Waals surface area contributed by atoms with Crippen molar-refractivity contribution >= 4 is 5.94 Å². The molecule has 0 radical (unpaired) electrons. The molecule has 1 rings (SSSR count). The first-order valence-electron chi connectivity index (χ1n) is 1.60. The highest BCUT2D eigenvalue weighted by Crippen LogP contribution is 1.87. The zero-order valence-electron chi connectivity index (χ0n) is 3.30. The molecule has 5 heteroatoms. The molecular weight excluding hydrogens is 96.0 g/mol. The molecular formula is C2H2N4O. The Kier molecular flexibility index (Phi) is 0.766. The highest BCUT2D eigenvalue weighted by Gasteiger charge is 1.96. The Balaban J connectivity index is 2.77. The monoisotopic (exact) mass is 98.0 g/mol. The zero-order chi connectivity index (χ0) is 5.11. The van der Waals surface area contributed by atoms with Crippen molar-refractivity contribution in [2.75, 3.05) is 0 Å². The van der Waals surface area contributed by atoms with E-state index in [0.29, 0.717) is 0 Å². The molecule has 0 saturated carbocycles. The summed E-state index contributed by atoms with van der Waals surface area (Å²) in [5, 5.41) is 6.45. The summed E-state index contributed by atoms with van der Waals surface area (Å²) in [6.45, 7) is 0. The number of nitrogens with zero attached hydrogens (tertiary/aromatic N) is 2. The van der Waals surface area contributed by atoms with E-state index >= 15 is 0 Å². The van der Waals surface area contributed by atoms with Gasteiger partial charge in [0, 0.05) is 0 Å². The van der Waals surface area contributed by atoms with Crippen molar-refractivity contribution in [2.24, 2.45) is 10.3 Å². The third-order valence-electron chi connectivity index (χ3n) is 0.471. The second kappa shape index (κ2) is 1.40. The maximum atomic E-state index is 9.59. The Morgan fingerprint density at radius 2 is 2.57 bits per heavy atom. The molecule has 7 heavy (non-hydrogen) atoms. The van der Waals surface area contributed by atoms with Gasteiger partial charge in [-0.2, -0.15) is 5.53 Å². The maximum absolute atomic E-state index is 9.59. The van der Waals surface area contributed by atoms with Crippen LogP contribution in [0, 0.1) is 0 Å². The average Bonchev–Trinajstić information content (AvgIpc) is 2.14. The molecule has 5 nitrogen and oxygen atoms in total. The number of hydrogen-bond acceptors (Lipinski definition) is 5. The molecule has 0 aromatic rings. The van der Waals surface area contributed by atoms with Crippen LogP contribution in [-0.4, -0.2) is 5.94 Å². The predicted molar refractivity (Wildman–Crippen MR) is 20.3 cm³/mol. The van der Waals surface area contributed by atoms with Gasteiger partial charge in [-0.1, -0.05) is 10.3 Å². The molecule has 0 bridgehead atoms. The van der Waals surface area contributed by atoms with Gasteiger partial charge in [-0.15, -0.1) is 0 Å². The first kappa shape index (κ1) is 3.83. The standard InChI is InChI=1S/C2H2N4O/c7-1-2-3-5-6-4-2/h(H,3,6)(H,4,5). The Morgan fingerprint density at radius 1 is 1.71 bits per heavy atom. The van der Waals surface area contributed by atoms with Crippen LogP contribution in [0.3, 0.4) is 0 Å². The number of hydrogen-bond donors (Lipinski definition) is 2. The fourth-order valence-corrected chi connectivity index (χ4v) is 0.224. The van der Waals surface area contributed by atoms with Crippen LogP contribution in [0.1, 0.15) is 0 Å². The largest absolute Gasteiger partial charge is 0.256 e. The molecule has 0 saturated heterocycles. The van der Waals surface area contributed by atoms with Crippen LogP contribution < -0.4 is 11.0 Å². The third-order valence-corrected chi connectivity index (χ3v) is 0.471. The predicted octanol–water partition coefficient (Wildman–Crippen LogP) is -0.866. The SMILES string of the molecule is O=C=C1N=NNN1. The van der Waals surface area contributed by atoms with Crippen molar-refractivity contribution in [3.63, 3.8) is 0 Å². The topological polar surface area (TPSA) is 65.8 Å². The summed E-state index contributed by atoms with van der Waals surface area (Å²) >= 11 is 0. The van der Waals surface area contributed by atoms with Crippen LogP contribution in [0.25, 0.3) is 0 Å². The highest BCUT2D eigenvalue weighted by molar-refractivity contribution is 5.50. The van der Waals surface area contributed by atoms with Crippen molar-refractivity contribution in [2.45, 2.75) is 0 Å². The summed E-state index contributed by atoms with van der Waals surface area (Å²) in [6, 6.07) is 0. The lowest BCUT2D eigenvalue weighted by atomic mass is 10.9. The molecule has 2 N–H and O–H groups in total. The molecule has 36 valence electrons. The Labute approximate surface area is 39.1 Å². The van der Waals surface area contributed by atoms with E-state index in [2.05, 4.69) is 21.3 Å². The van der Waals surface area contributed by atoms with E-state index in [4.69, 9.17) is 0 Å². The molecule has 1 heterocycles. The van der Waals surface area contributed by atoms with Crippen LogP contribution in [-0.2, 0) is 4.79 Å². The molecule has 1 aliphatic heterocycles. The van der Waals surface area contributed by atoms with E-state index in [1.807, 2.05) is 0 Å². The van der Waals surface area contributed by atoms with Gasteiger partial charge < -0.3 is 0 Å². The van der Waals surface area contributed by atoms with Gasteiger partial charge in [0.15, 0.2) is 5.94 Å². The summed E-state index contributed by atoms with van der Waals surface area (Å²) in [5.74, 6) is 1.58. The van der Waals surface area contributed by atoms with Gasteiger partial charge in [-0.05, 0) is 0 Å². The van der Waals surface area contributed by atoms with E-state index in [-0.39, 0.29) is 5.82 Å². The van der Waals surface area contributed by atoms with Gasteiger partial charge in [-0.3, -0.25) is 5.43 Å². The van der Waals surface area contributed by atoms with E-state index < -0.39 is 0 Å². The summed E-state index contributed by atoms with van der Waals surface area (Å²) < 4.78 is 0. The van der Waals surface area contributed by atoms with Gasteiger partial charge in [0.25, 0.3) is 5.82 Å². The fraction of sp³-hybridized carbons (Fsp3) is 0. The average molecular weight is 98.1 g/mol. The minimum absolute atomic E-state index is 0.0833. The van der Waals surface area contributed by atoms with Crippen LogP contribution in [0.4, 0.5) is 0 Å². The van der Waals surface area contributed by atoms with Crippen LogP contribution in [0.5, 0.6) is 0 Å². The van der Waals surface area contributed by atoms with Crippen molar-refractivity contribution in [3.8, 4) is 0 Å². The Hall–Kier alpha value is -1.35. The summed E-state index contributed by atoms with van der Waals surface area (Å²) in [5.41, 5.74) is 4.55. The second-order valence-electron chi connectivity index (χ2n) is 0.887. The van der Waals surface area contributed by atoms with Gasteiger partial charge >= 0.3 is 0 Å². The summed E-state index contributed by atoms with van der Waals surface area (Å²) in [6.07, 6.45) is 0. The van der Waals surface area contributed by atoms with Crippen molar-refractivity contribution in [1.82, 2.24) is 11.0 Å². The molecule has 0 fully saturated rings. The molecule has 0 unspecified atom stereocenters. The normalized spacial score (nSPS) is 15.1. The second-order valence-corrected chi connectivity index (χ2v) is 0.887. The summed E-state index contributed by atoms with van der Waals surface area (Å²) in [7, 11) is 0. The minimum atomic E-state index is 0.0833. The lowest BCUT2D eigenvalue weighted by Crippen LogP contribution is -2.18. The highest BCUT2D eigenvalue weighted by atomic mass is 16.1. The lowest BCUT2D eigenvalue weighted by molar-refractivity contribution is 0.563. The van der Waals surface area contributed by atoms with Crippen molar-refractivity contribution in [1.29, 1.82) is 0 Å². The van der Waals surface area contributed by atoms with E-state index in [1.165, 1.54) is 5.94 Å². The number of carbonyl (C=O) groups excluding carboxylic acids is 1. The zero-order valence-corrected chi connectivity index (χ0v) is 3.30. The molecule has 0 aliphatic carbocycles. The lowest BCUT2D eigenvalue weighted by Gasteiger charge is -1.82. The smallest absolute Gasteiger partial charge is 0.254 e. The third kappa shape index (κ3) is 0.558. The van der Waals surface area contributed by atoms with Crippen molar-refractivity contribution < 1.29 is 4.79 Å². The van der Waals surface area contributed by atoms with Crippen molar-refractivity contribution in [3.05, 3.63) is 5.82 Å². The van der Waals surface area contributed by atoms with Gasteiger partial charge in [-0.25, -0.2) is 4.79 Å². The molecule has 1 aliphatic rings. The van der Waals surface area contributed by atoms with Gasteiger partial charge in [0.1, 0.15) is 0 Å². The molecule has 0 amide bonds. The van der Waals surface area contributed by atoms with E-state index in [1.54, 1.807) is 0 Å². The molecule has 0 atom stereocenters. The summed E-state index contributed by atoms with van der Waals surface area (Å²) in [4.78, 5) is 9.59. The molecule has 0 spiro atoms. The van der Waals surface area contributed by atoms with Crippen LogP contribution in [0.2, 0.25) is 0 Å². The number of nitrogens with one attached hydrogen (secondary N) is 2. The first-order chi connectivity index (χ1) is 3.43. The van der Waals surface area contributed by atoms with E-state index in [9.17, 15) is 4.79 Å². The van der Waals surface area contributed by atoms with E-state index in [0.717, 1.165) is 0 Å². The van der Waals surface area contributed by atoms with Crippen LogP contribution >= 0.6 is 0 Å². The Bertz CT molecular complexity index is 144.